The molecule has 0 atom stereocenters. The van der Waals surface area contributed by atoms with Crippen molar-refractivity contribution < 1.29 is 4.79 Å². The van der Waals surface area contributed by atoms with E-state index in [1.165, 1.54) is 32.1 Å². The van der Waals surface area contributed by atoms with Crippen LogP contribution in [0.3, 0.4) is 0 Å². The van der Waals surface area contributed by atoms with Gasteiger partial charge in [0.2, 0.25) is 5.91 Å². The molecule has 1 rings (SSSR count). The first-order valence-electron chi connectivity index (χ1n) is 6.63. The highest BCUT2D eigenvalue weighted by atomic mass is 16.1. The Kier molecular flexibility index (Phi) is 6.46. The van der Waals surface area contributed by atoms with Crippen LogP contribution in [-0.2, 0) is 4.79 Å². The molecule has 0 aromatic heterocycles. The van der Waals surface area contributed by atoms with Crippen LogP contribution in [0.5, 0.6) is 0 Å². The number of carbonyl (C=O) groups is 1. The van der Waals surface area contributed by atoms with Gasteiger partial charge in [0.1, 0.15) is 0 Å². The minimum atomic E-state index is 0.124. The van der Waals surface area contributed by atoms with E-state index < -0.39 is 0 Å². The molecule has 0 spiro atoms. The van der Waals surface area contributed by atoms with Crippen molar-refractivity contribution in [3.05, 3.63) is 0 Å². The SMILES string of the molecule is CNC(=O)CCNCCC1CCC(C)CC1. The Balaban J connectivity index is 1.93. The molecule has 0 saturated heterocycles. The Morgan fingerprint density at radius 2 is 1.88 bits per heavy atom. The standard InChI is InChI=1S/C13H26N2O/c1-11-3-5-12(6-4-11)7-9-15-10-8-13(16)14-2/h11-12,15H,3-10H2,1-2H3,(H,14,16). The lowest BCUT2D eigenvalue weighted by atomic mass is 9.81. The van der Waals surface area contributed by atoms with Gasteiger partial charge in [-0.25, -0.2) is 0 Å². The fraction of sp³-hybridized carbons (Fsp3) is 0.923. The van der Waals surface area contributed by atoms with Crippen molar-refractivity contribution in [1.82, 2.24) is 10.6 Å². The molecular formula is C13H26N2O. The first-order chi connectivity index (χ1) is 7.72. The van der Waals surface area contributed by atoms with E-state index in [-0.39, 0.29) is 5.91 Å². The van der Waals surface area contributed by atoms with Crippen molar-refractivity contribution in [2.45, 2.75) is 45.4 Å². The lowest BCUT2D eigenvalue weighted by Crippen LogP contribution is -2.26. The second kappa shape index (κ2) is 7.66. The first kappa shape index (κ1) is 13.5. The molecule has 1 saturated carbocycles. The second-order valence-corrected chi connectivity index (χ2v) is 5.09. The van der Waals surface area contributed by atoms with E-state index in [0.717, 1.165) is 24.9 Å². The topological polar surface area (TPSA) is 41.1 Å². The molecule has 16 heavy (non-hydrogen) atoms. The minimum absolute atomic E-state index is 0.124. The number of hydrogen-bond acceptors (Lipinski definition) is 2. The van der Waals surface area contributed by atoms with Crippen molar-refractivity contribution in [2.75, 3.05) is 20.1 Å². The van der Waals surface area contributed by atoms with Gasteiger partial charge in [0, 0.05) is 20.0 Å². The van der Waals surface area contributed by atoms with Crippen molar-refractivity contribution in [2.24, 2.45) is 11.8 Å². The lowest BCUT2D eigenvalue weighted by Gasteiger charge is -2.26. The Hall–Kier alpha value is -0.570. The van der Waals surface area contributed by atoms with Gasteiger partial charge in [-0.3, -0.25) is 4.79 Å². The molecule has 0 aliphatic heterocycles. The number of nitrogens with one attached hydrogen (secondary N) is 2. The van der Waals surface area contributed by atoms with Crippen LogP contribution in [0, 0.1) is 11.8 Å². The van der Waals surface area contributed by atoms with Gasteiger partial charge in [-0.1, -0.05) is 32.6 Å². The fourth-order valence-electron chi connectivity index (χ4n) is 2.38. The highest BCUT2D eigenvalue weighted by Crippen LogP contribution is 2.29. The summed E-state index contributed by atoms with van der Waals surface area (Å²) in [6.07, 6.45) is 7.49. The van der Waals surface area contributed by atoms with Gasteiger partial charge < -0.3 is 10.6 Å². The molecule has 3 nitrogen and oxygen atoms in total. The average Bonchev–Trinajstić information content (AvgIpc) is 2.31. The maximum atomic E-state index is 11.0. The third-order valence-electron chi connectivity index (χ3n) is 3.67. The predicted molar refractivity (Wildman–Crippen MR) is 67.3 cm³/mol. The molecular weight excluding hydrogens is 200 g/mol. The van der Waals surface area contributed by atoms with E-state index in [0.29, 0.717) is 6.42 Å². The van der Waals surface area contributed by atoms with E-state index in [9.17, 15) is 4.79 Å². The van der Waals surface area contributed by atoms with Crippen molar-refractivity contribution in [1.29, 1.82) is 0 Å². The van der Waals surface area contributed by atoms with Gasteiger partial charge in [-0.2, -0.15) is 0 Å². The zero-order valence-electron chi connectivity index (χ0n) is 10.7. The predicted octanol–water partition coefficient (Wildman–Crippen LogP) is 1.93. The average molecular weight is 226 g/mol. The molecule has 94 valence electrons. The maximum Gasteiger partial charge on any atom is 0.221 e. The van der Waals surface area contributed by atoms with Crippen LogP contribution in [-0.4, -0.2) is 26.0 Å². The molecule has 1 aliphatic carbocycles. The molecule has 1 amide bonds. The van der Waals surface area contributed by atoms with Crippen LogP contribution in [0.4, 0.5) is 0 Å². The van der Waals surface area contributed by atoms with Crippen molar-refractivity contribution in [3.63, 3.8) is 0 Å². The largest absolute Gasteiger partial charge is 0.359 e. The highest BCUT2D eigenvalue weighted by Gasteiger charge is 2.17. The summed E-state index contributed by atoms with van der Waals surface area (Å²) in [5.74, 6) is 1.99. The van der Waals surface area contributed by atoms with Crippen LogP contribution in [0.15, 0.2) is 0 Å². The summed E-state index contributed by atoms with van der Waals surface area (Å²) < 4.78 is 0. The van der Waals surface area contributed by atoms with Gasteiger partial charge in [-0.15, -0.1) is 0 Å². The van der Waals surface area contributed by atoms with Gasteiger partial charge >= 0.3 is 0 Å². The third kappa shape index (κ3) is 5.50. The lowest BCUT2D eigenvalue weighted by molar-refractivity contribution is -0.120. The van der Waals surface area contributed by atoms with E-state index >= 15 is 0 Å². The second-order valence-electron chi connectivity index (χ2n) is 5.09. The summed E-state index contributed by atoms with van der Waals surface area (Å²) >= 11 is 0. The molecule has 3 heteroatoms. The number of amides is 1. The summed E-state index contributed by atoms with van der Waals surface area (Å²) in [4.78, 5) is 11.0. The molecule has 2 N–H and O–H groups in total. The number of carbonyl (C=O) groups excluding carboxylic acids is 1. The molecule has 0 aromatic carbocycles. The smallest absolute Gasteiger partial charge is 0.221 e. The summed E-state index contributed by atoms with van der Waals surface area (Å²) in [7, 11) is 1.69. The van der Waals surface area contributed by atoms with Crippen LogP contribution in [0.2, 0.25) is 0 Å². The van der Waals surface area contributed by atoms with Gasteiger partial charge in [0.25, 0.3) is 0 Å². The Morgan fingerprint density at radius 1 is 1.19 bits per heavy atom. The summed E-state index contributed by atoms with van der Waals surface area (Å²) in [6.45, 7) is 4.23. The molecule has 1 aliphatic rings. The number of rotatable bonds is 6. The minimum Gasteiger partial charge on any atom is -0.359 e. The third-order valence-corrected chi connectivity index (χ3v) is 3.67. The van der Waals surface area contributed by atoms with Gasteiger partial charge in [0.15, 0.2) is 0 Å². The molecule has 0 bridgehead atoms. The van der Waals surface area contributed by atoms with Gasteiger partial charge in [0.05, 0.1) is 0 Å². The maximum absolute atomic E-state index is 11.0. The van der Waals surface area contributed by atoms with E-state index in [1.807, 2.05) is 0 Å². The van der Waals surface area contributed by atoms with E-state index in [4.69, 9.17) is 0 Å². The van der Waals surface area contributed by atoms with E-state index in [2.05, 4.69) is 17.6 Å². The highest BCUT2D eigenvalue weighted by molar-refractivity contribution is 5.75. The van der Waals surface area contributed by atoms with Crippen LogP contribution >= 0.6 is 0 Å². The van der Waals surface area contributed by atoms with Crippen LogP contribution < -0.4 is 10.6 Å². The van der Waals surface area contributed by atoms with Crippen LogP contribution in [0.1, 0.15) is 45.4 Å². The molecule has 0 aromatic rings. The fourth-order valence-corrected chi connectivity index (χ4v) is 2.38. The Bertz CT molecular complexity index is 198. The molecule has 1 fully saturated rings. The number of hydrogen-bond donors (Lipinski definition) is 2. The Morgan fingerprint density at radius 3 is 2.50 bits per heavy atom. The summed E-state index contributed by atoms with van der Waals surface area (Å²) in [5, 5.41) is 5.98. The van der Waals surface area contributed by atoms with E-state index in [1.54, 1.807) is 7.05 Å². The molecule has 0 heterocycles. The monoisotopic (exact) mass is 226 g/mol. The summed E-state index contributed by atoms with van der Waals surface area (Å²) in [5.41, 5.74) is 0. The first-order valence-corrected chi connectivity index (χ1v) is 6.63. The Labute approximate surface area is 99.4 Å². The van der Waals surface area contributed by atoms with Crippen molar-refractivity contribution >= 4 is 5.91 Å². The quantitative estimate of drug-likeness (QED) is 0.679. The van der Waals surface area contributed by atoms with Gasteiger partial charge in [-0.05, 0) is 24.8 Å². The summed E-state index contributed by atoms with van der Waals surface area (Å²) in [6, 6.07) is 0. The molecule has 0 radical (unpaired) electrons. The zero-order valence-corrected chi connectivity index (χ0v) is 10.7. The van der Waals surface area contributed by atoms with Crippen LogP contribution in [0.25, 0.3) is 0 Å². The zero-order chi connectivity index (χ0) is 11.8. The van der Waals surface area contributed by atoms with Crippen molar-refractivity contribution in [3.8, 4) is 0 Å². The normalized spacial score (nSPS) is 25.4. The molecule has 0 unspecified atom stereocenters.